The second-order valence-corrected chi connectivity index (χ2v) is 7.85. The van der Waals surface area contributed by atoms with E-state index in [1.54, 1.807) is 55.6 Å². The van der Waals surface area contributed by atoms with Crippen LogP contribution in [0.3, 0.4) is 0 Å². The lowest BCUT2D eigenvalue weighted by atomic mass is 10.1. The molecule has 0 radical (unpaired) electrons. The molecule has 1 amide bonds. The fourth-order valence-electron chi connectivity index (χ4n) is 3.68. The maximum atomic E-state index is 12.6. The number of benzene rings is 3. The van der Waals surface area contributed by atoms with Gasteiger partial charge in [-0.15, -0.1) is 0 Å². The summed E-state index contributed by atoms with van der Waals surface area (Å²) < 4.78 is 11.1. The fourth-order valence-corrected chi connectivity index (χ4v) is 3.68. The summed E-state index contributed by atoms with van der Waals surface area (Å²) in [5.74, 6) is 0.519. The third-order valence-electron chi connectivity index (χ3n) is 5.41. The molecule has 6 nitrogen and oxygen atoms in total. The number of hydrogen-bond acceptors (Lipinski definition) is 5. The van der Waals surface area contributed by atoms with E-state index < -0.39 is 0 Å². The Morgan fingerprint density at radius 2 is 1.58 bits per heavy atom. The number of ether oxygens (including phenoxy) is 1. The predicted molar refractivity (Wildman–Crippen MR) is 127 cm³/mol. The molecule has 0 spiro atoms. The van der Waals surface area contributed by atoms with E-state index in [0.717, 1.165) is 11.1 Å². The molecule has 0 unspecified atom stereocenters. The van der Waals surface area contributed by atoms with E-state index in [-0.39, 0.29) is 23.7 Å². The standard InChI is InChI=1S/C27H23NO5/c1-16-12-17(2)26-22(13-16)23(29)14-25(33-26)19-4-6-20(7-5-19)27(31)28-15-24(30)18-8-10-21(32-3)11-9-18/h4-14H,15H2,1-3H3,(H,28,31). The number of carbonyl (C=O) groups is 2. The maximum Gasteiger partial charge on any atom is 0.251 e. The minimum atomic E-state index is -0.366. The molecule has 0 bridgehead atoms. The monoisotopic (exact) mass is 441 g/mol. The van der Waals surface area contributed by atoms with Gasteiger partial charge in [0, 0.05) is 22.8 Å². The van der Waals surface area contributed by atoms with Crippen LogP contribution in [-0.2, 0) is 0 Å². The third-order valence-corrected chi connectivity index (χ3v) is 5.41. The largest absolute Gasteiger partial charge is 0.497 e. The summed E-state index contributed by atoms with van der Waals surface area (Å²) in [5.41, 5.74) is 3.90. The molecule has 0 aliphatic carbocycles. The highest BCUT2D eigenvalue weighted by Gasteiger charge is 2.13. The van der Waals surface area contributed by atoms with Crippen LogP contribution in [0.5, 0.6) is 5.75 Å². The van der Waals surface area contributed by atoms with E-state index in [1.165, 1.54) is 6.07 Å². The van der Waals surface area contributed by atoms with Crippen LogP contribution in [0.25, 0.3) is 22.3 Å². The van der Waals surface area contributed by atoms with Crippen LogP contribution in [0.15, 0.2) is 75.9 Å². The van der Waals surface area contributed by atoms with Gasteiger partial charge in [0.15, 0.2) is 11.2 Å². The van der Waals surface area contributed by atoms with Crippen LogP contribution in [0.1, 0.15) is 31.8 Å². The van der Waals surface area contributed by atoms with Crippen LogP contribution in [0.2, 0.25) is 0 Å². The first-order chi connectivity index (χ1) is 15.9. The number of hydrogen-bond donors (Lipinski definition) is 1. The van der Waals surface area contributed by atoms with Crippen molar-refractivity contribution in [2.24, 2.45) is 0 Å². The molecule has 1 heterocycles. The van der Waals surface area contributed by atoms with Gasteiger partial charge in [0.1, 0.15) is 17.1 Å². The van der Waals surface area contributed by atoms with E-state index in [2.05, 4.69) is 5.32 Å². The molecule has 0 saturated carbocycles. The van der Waals surface area contributed by atoms with Gasteiger partial charge < -0.3 is 14.5 Å². The van der Waals surface area contributed by atoms with Gasteiger partial charge in [-0.2, -0.15) is 0 Å². The quantitative estimate of drug-likeness (QED) is 0.439. The van der Waals surface area contributed by atoms with Crippen molar-refractivity contribution in [1.29, 1.82) is 0 Å². The summed E-state index contributed by atoms with van der Waals surface area (Å²) in [6.07, 6.45) is 0. The van der Waals surface area contributed by atoms with Crippen LogP contribution in [-0.4, -0.2) is 25.3 Å². The average Bonchev–Trinajstić information content (AvgIpc) is 2.83. The molecule has 0 fully saturated rings. The Bertz CT molecular complexity index is 1400. The third kappa shape index (κ3) is 4.70. The smallest absolute Gasteiger partial charge is 0.251 e. The van der Waals surface area contributed by atoms with Crippen molar-refractivity contribution in [3.05, 3.63) is 99.2 Å². The van der Waals surface area contributed by atoms with Crippen LogP contribution < -0.4 is 15.5 Å². The molecular formula is C27H23NO5. The first kappa shape index (κ1) is 22.0. The minimum absolute atomic E-state index is 0.114. The van der Waals surface area contributed by atoms with Gasteiger partial charge >= 0.3 is 0 Å². The lowest BCUT2D eigenvalue weighted by Gasteiger charge is -2.08. The van der Waals surface area contributed by atoms with E-state index in [0.29, 0.717) is 39.2 Å². The van der Waals surface area contributed by atoms with Gasteiger partial charge in [-0.25, -0.2) is 0 Å². The Hall–Kier alpha value is -4.19. The minimum Gasteiger partial charge on any atom is -0.497 e. The zero-order chi connectivity index (χ0) is 23.5. The fraction of sp³-hybridized carbons (Fsp3) is 0.148. The van der Waals surface area contributed by atoms with E-state index in [9.17, 15) is 14.4 Å². The highest BCUT2D eigenvalue weighted by Crippen LogP contribution is 2.25. The molecule has 4 aromatic rings. The molecule has 1 aromatic heterocycles. The highest BCUT2D eigenvalue weighted by molar-refractivity contribution is 6.02. The second kappa shape index (κ2) is 9.12. The Labute approximate surface area is 190 Å². The van der Waals surface area contributed by atoms with Crippen molar-refractivity contribution in [3.8, 4) is 17.1 Å². The van der Waals surface area contributed by atoms with Crippen molar-refractivity contribution in [3.63, 3.8) is 0 Å². The molecule has 33 heavy (non-hydrogen) atoms. The first-order valence-corrected chi connectivity index (χ1v) is 10.5. The van der Waals surface area contributed by atoms with Gasteiger partial charge in [-0.05, 0) is 67.4 Å². The zero-order valence-electron chi connectivity index (χ0n) is 18.6. The first-order valence-electron chi connectivity index (χ1n) is 10.5. The molecule has 0 atom stereocenters. The summed E-state index contributed by atoms with van der Waals surface area (Å²) >= 11 is 0. The Kier molecular flexibility index (Phi) is 6.09. The number of Topliss-reactive ketones (excluding diaryl/α,β-unsaturated/α-hetero) is 1. The number of fused-ring (bicyclic) bond motifs is 1. The van der Waals surface area contributed by atoms with E-state index >= 15 is 0 Å². The molecule has 0 saturated heterocycles. The molecule has 1 N–H and O–H groups in total. The summed E-state index contributed by atoms with van der Waals surface area (Å²) in [6, 6.07) is 18.7. The number of aryl methyl sites for hydroxylation is 2. The van der Waals surface area contributed by atoms with Crippen LogP contribution in [0, 0.1) is 13.8 Å². The second-order valence-electron chi connectivity index (χ2n) is 7.85. The van der Waals surface area contributed by atoms with Gasteiger partial charge in [0.05, 0.1) is 19.0 Å². The van der Waals surface area contributed by atoms with Gasteiger partial charge in [-0.3, -0.25) is 14.4 Å². The van der Waals surface area contributed by atoms with Crippen molar-refractivity contribution < 1.29 is 18.7 Å². The molecule has 0 aliphatic rings. The van der Waals surface area contributed by atoms with E-state index in [4.69, 9.17) is 9.15 Å². The average molecular weight is 441 g/mol. The Morgan fingerprint density at radius 3 is 2.24 bits per heavy atom. The van der Waals surface area contributed by atoms with Crippen LogP contribution >= 0.6 is 0 Å². The topological polar surface area (TPSA) is 85.6 Å². The maximum absolute atomic E-state index is 12.6. The number of rotatable bonds is 6. The molecule has 4 rings (SSSR count). The van der Waals surface area contributed by atoms with Crippen molar-refractivity contribution in [2.75, 3.05) is 13.7 Å². The normalized spacial score (nSPS) is 10.8. The summed E-state index contributed by atoms with van der Waals surface area (Å²) in [7, 11) is 1.55. The SMILES string of the molecule is COc1ccc(C(=O)CNC(=O)c2ccc(-c3cc(=O)c4cc(C)cc(C)c4o3)cc2)cc1. The van der Waals surface area contributed by atoms with Gasteiger partial charge in [-0.1, -0.05) is 18.2 Å². The lowest BCUT2D eigenvalue weighted by Crippen LogP contribution is -2.29. The van der Waals surface area contributed by atoms with Crippen molar-refractivity contribution >= 4 is 22.7 Å². The van der Waals surface area contributed by atoms with E-state index in [1.807, 2.05) is 26.0 Å². The molecule has 6 heteroatoms. The Balaban J connectivity index is 1.48. The Morgan fingerprint density at radius 1 is 0.909 bits per heavy atom. The summed E-state index contributed by atoms with van der Waals surface area (Å²) in [4.78, 5) is 37.4. The number of methoxy groups -OCH3 is 1. The zero-order valence-corrected chi connectivity index (χ0v) is 18.6. The number of nitrogens with one attached hydrogen (secondary N) is 1. The number of carbonyl (C=O) groups excluding carboxylic acids is 2. The van der Waals surface area contributed by atoms with Gasteiger partial charge in [0.25, 0.3) is 5.91 Å². The number of amides is 1. The molecule has 3 aromatic carbocycles. The number of ketones is 1. The summed E-state index contributed by atoms with van der Waals surface area (Å²) in [6.45, 7) is 3.72. The van der Waals surface area contributed by atoms with Crippen molar-refractivity contribution in [1.82, 2.24) is 5.32 Å². The predicted octanol–water partition coefficient (Wildman–Crippen LogP) is 4.70. The lowest BCUT2D eigenvalue weighted by molar-refractivity contribution is 0.0904. The van der Waals surface area contributed by atoms with Crippen LogP contribution in [0.4, 0.5) is 0 Å². The van der Waals surface area contributed by atoms with Crippen molar-refractivity contribution in [2.45, 2.75) is 13.8 Å². The summed E-state index contributed by atoms with van der Waals surface area (Å²) in [5, 5.41) is 3.19. The molecular weight excluding hydrogens is 418 g/mol. The highest BCUT2D eigenvalue weighted by atomic mass is 16.5. The molecule has 0 aliphatic heterocycles. The van der Waals surface area contributed by atoms with Gasteiger partial charge in [0.2, 0.25) is 0 Å². The molecule has 166 valence electrons.